The second kappa shape index (κ2) is 5.53. The number of rotatable bonds is 4. The van der Waals surface area contributed by atoms with E-state index in [2.05, 4.69) is 26.2 Å². The molecular weight excluding hydrogens is 267 g/mol. The average molecular weight is 280 g/mol. The fourth-order valence-electron chi connectivity index (χ4n) is 0.787. The highest BCUT2D eigenvalue weighted by molar-refractivity contribution is 9.10. The molecule has 0 aliphatic carbocycles. The van der Waals surface area contributed by atoms with Gasteiger partial charge in [-0.1, -0.05) is 11.6 Å². The van der Waals surface area contributed by atoms with Crippen LogP contribution in [0.4, 0.5) is 0 Å². The van der Waals surface area contributed by atoms with Gasteiger partial charge >= 0.3 is 0 Å². The van der Waals surface area contributed by atoms with Crippen LogP contribution in [0.2, 0.25) is 5.15 Å². The quantitative estimate of drug-likeness (QED) is 0.860. The molecule has 0 fully saturated rings. The van der Waals surface area contributed by atoms with Crippen molar-refractivity contribution in [1.29, 1.82) is 0 Å². The van der Waals surface area contributed by atoms with E-state index in [0.717, 1.165) is 4.47 Å². The molecule has 3 nitrogen and oxygen atoms in total. The monoisotopic (exact) mass is 278 g/mol. The van der Waals surface area contributed by atoms with Crippen molar-refractivity contribution in [3.8, 4) is 5.75 Å². The first-order valence-corrected chi connectivity index (χ1v) is 5.41. The van der Waals surface area contributed by atoms with Crippen molar-refractivity contribution in [3.63, 3.8) is 0 Å². The average Bonchev–Trinajstić information content (AvgIpc) is 2.19. The predicted molar refractivity (Wildman–Crippen MR) is 61.0 cm³/mol. The smallest absolute Gasteiger partial charge is 0.143 e. The van der Waals surface area contributed by atoms with Crippen molar-refractivity contribution in [2.24, 2.45) is 0 Å². The summed E-state index contributed by atoms with van der Waals surface area (Å²) in [6.45, 7) is 2.64. The van der Waals surface area contributed by atoms with E-state index in [1.54, 1.807) is 12.3 Å². The van der Waals surface area contributed by atoms with Gasteiger partial charge < -0.3 is 10.1 Å². The highest BCUT2D eigenvalue weighted by atomic mass is 79.9. The third kappa shape index (κ3) is 3.44. The van der Waals surface area contributed by atoms with Crippen LogP contribution < -0.4 is 10.1 Å². The Bertz CT molecular complexity index is 309. The molecule has 0 aliphatic heterocycles. The summed E-state index contributed by atoms with van der Waals surface area (Å²) in [7, 11) is 1.89. The van der Waals surface area contributed by atoms with Gasteiger partial charge in [-0.3, -0.25) is 0 Å². The summed E-state index contributed by atoms with van der Waals surface area (Å²) in [5.74, 6) is 0.711. The van der Waals surface area contributed by atoms with E-state index >= 15 is 0 Å². The van der Waals surface area contributed by atoms with Crippen LogP contribution in [0.1, 0.15) is 6.92 Å². The fourth-order valence-corrected chi connectivity index (χ4v) is 1.22. The summed E-state index contributed by atoms with van der Waals surface area (Å²) in [4.78, 5) is 3.96. The van der Waals surface area contributed by atoms with Gasteiger partial charge in [0, 0.05) is 6.04 Å². The molecule has 0 aromatic carbocycles. The van der Waals surface area contributed by atoms with Gasteiger partial charge in [-0.15, -0.1) is 0 Å². The SMILES string of the molecule is CN[C@H](C)COc1cnc(Cl)c(Br)c1. The van der Waals surface area contributed by atoms with E-state index in [1.165, 1.54) is 0 Å². The van der Waals surface area contributed by atoms with Crippen LogP contribution in [-0.2, 0) is 0 Å². The Labute approximate surface area is 96.9 Å². The molecule has 1 atom stereocenters. The van der Waals surface area contributed by atoms with E-state index < -0.39 is 0 Å². The summed E-state index contributed by atoms with van der Waals surface area (Å²) in [5.41, 5.74) is 0. The van der Waals surface area contributed by atoms with Crippen LogP contribution in [0.15, 0.2) is 16.7 Å². The van der Waals surface area contributed by atoms with Gasteiger partial charge in [0.2, 0.25) is 0 Å². The third-order valence-electron chi connectivity index (χ3n) is 1.76. The molecule has 14 heavy (non-hydrogen) atoms. The zero-order valence-electron chi connectivity index (χ0n) is 8.05. The van der Waals surface area contributed by atoms with Gasteiger partial charge in [0.15, 0.2) is 0 Å². The summed E-state index contributed by atoms with van der Waals surface area (Å²) in [6.07, 6.45) is 1.61. The number of aromatic nitrogens is 1. The van der Waals surface area contributed by atoms with Gasteiger partial charge in [0.05, 0.1) is 10.7 Å². The van der Waals surface area contributed by atoms with E-state index in [0.29, 0.717) is 23.6 Å². The molecule has 0 aliphatic rings. The Balaban J connectivity index is 2.55. The number of hydrogen-bond donors (Lipinski definition) is 1. The molecule has 1 rings (SSSR count). The molecular formula is C9H12BrClN2O. The van der Waals surface area contributed by atoms with Crippen LogP contribution in [0, 0.1) is 0 Å². The topological polar surface area (TPSA) is 34.1 Å². The standard InChI is InChI=1S/C9H12BrClN2O/c1-6(12-2)5-14-7-3-8(10)9(11)13-4-7/h3-4,6,12H,5H2,1-2H3/t6-/m1/s1. The summed E-state index contributed by atoms with van der Waals surface area (Å²) in [6, 6.07) is 2.11. The molecule has 0 spiro atoms. The maximum atomic E-state index is 5.74. The minimum Gasteiger partial charge on any atom is -0.490 e. The lowest BCUT2D eigenvalue weighted by molar-refractivity contribution is 0.279. The van der Waals surface area contributed by atoms with E-state index in [9.17, 15) is 0 Å². The first-order valence-electron chi connectivity index (χ1n) is 4.24. The first kappa shape index (κ1) is 11.8. The largest absolute Gasteiger partial charge is 0.490 e. The number of nitrogens with one attached hydrogen (secondary N) is 1. The molecule has 0 unspecified atom stereocenters. The number of pyridine rings is 1. The Morgan fingerprint density at radius 3 is 3.00 bits per heavy atom. The molecule has 1 aromatic rings. The first-order chi connectivity index (χ1) is 6.63. The Morgan fingerprint density at radius 2 is 2.43 bits per heavy atom. The zero-order valence-corrected chi connectivity index (χ0v) is 10.4. The fraction of sp³-hybridized carbons (Fsp3) is 0.444. The van der Waals surface area contributed by atoms with Crippen molar-refractivity contribution >= 4 is 27.5 Å². The second-order valence-corrected chi connectivity index (χ2v) is 4.16. The van der Waals surface area contributed by atoms with Gasteiger partial charge in [-0.05, 0) is 36.0 Å². The molecule has 1 N–H and O–H groups in total. The molecule has 0 saturated heterocycles. The number of nitrogens with zero attached hydrogens (tertiary/aromatic N) is 1. The molecule has 0 bridgehead atoms. The summed E-state index contributed by atoms with van der Waals surface area (Å²) < 4.78 is 6.23. The van der Waals surface area contributed by atoms with Crippen LogP contribution in [0.3, 0.4) is 0 Å². The Morgan fingerprint density at radius 1 is 1.71 bits per heavy atom. The molecule has 0 radical (unpaired) electrons. The maximum Gasteiger partial charge on any atom is 0.143 e. The highest BCUT2D eigenvalue weighted by Crippen LogP contribution is 2.24. The van der Waals surface area contributed by atoms with Crippen molar-refractivity contribution in [3.05, 3.63) is 21.9 Å². The van der Waals surface area contributed by atoms with Gasteiger partial charge in [-0.2, -0.15) is 0 Å². The normalized spacial score (nSPS) is 12.6. The lowest BCUT2D eigenvalue weighted by Gasteiger charge is -2.11. The van der Waals surface area contributed by atoms with Crippen molar-refractivity contribution < 1.29 is 4.74 Å². The van der Waals surface area contributed by atoms with E-state index in [1.807, 2.05) is 14.0 Å². The minimum absolute atomic E-state index is 0.310. The van der Waals surface area contributed by atoms with Crippen LogP contribution in [0.5, 0.6) is 5.75 Å². The minimum atomic E-state index is 0.310. The van der Waals surface area contributed by atoms with Crippen molar-refractivity contribution in [2.75, 3.05) is 13.7 Å². The maximum absolute atomic E-state index is 5.74. The van der Waals surface area contributed by atoms with Crippen LogP contribution >= 0.6 is 27.5 Å². The number of hydrogen-bond acceptors (Lipinski definition) is 3. The Kier molecular flexibility index (Phi) is 4.65. The number of ether oxygens (including phenoxy) is 1. The Hall–Kier alpha value is -0.320. The molecule has 1 heterocycles. The molecule has 0 saturated carbocycles. The van der Waals surface area contributed by atoms with Gasteiger partial charge in [-0.25, -0.2) is 4.98 Å². The highest BCUT2D eigenvalue weighted by Gasteiger charge is 2.03. The lowest BCUT2D eigenvalue weighted by Crippen LogP contribution is -2.28. The second-order valence-electron chi connectivity index (χ2n) is 2.94. The summed E-state index contributed by atoms with van der Waals surface area (Å²) in [5, 5.41) is 3.52. The molecule has 1 aromatic heterocycles. The van der Waals surface area contributed by atoms with E-state index in [4.69, 9.17) is 16.3 Å². The molecule has 78 valence electrons. The van der Waals surface area contributed by atoms with Gasteiger partial charge in [0.25, 0.3) is 0 Å². The lowest BCUT2D eigenvalue weighted by atomic mass is 10.4. The van der Waals surface area contributed by atoms with E-state index in [-0.39, 0.29) is 0 Å². The third-order valence-corrected chi connectivity index (χ3v) is 2.90. The molecule has 5 heteroatoms. The van der Waals surface area contributed by atoms with Crippen molar-refractivity contribution in [2.45, 2.75) is 13.0 Å². The number of halogens is 2. The van der Waals surface area contributed by atoms with Crippen molar-refractivity contribution in [1.82, 2.24) is 10.3 Å². The zero-order chi connectivity index (χ0) is 10.6. The molecule has 0 amide bonds. The van der Waals surface area contributed by atoms with Crippen LogP contribution in [0.25, 0.3) is 0 Å². The number of likely N-dealkylation sites (N-methyl/N-ethyl adjacent to an activating group) is 1. The predicted octanol–water partition coefficient (Wildman–Crippen LogP) is 2.48. The van der Waals surface area contributed by atoms with Crippen LogP contribution in [-0.4, -0.2) is 24.7 Å². The van der Waals surface area contributed by atoms with Gasteiger partial charge in [0.1, 0.15) is 17.5 Å². The summed E-state index contributed by atoms with van der Waals surface area (Å²) >= 11 is 9.02.